The summed E-state index contributed by atoms with van der Waals surface area (Å²) in [4.78, 5) is 0.321. The number of benzene rings is 2. The quantitative estimate of drug-likeness (QED) is 0.829. The summed E-state index contributed by atoms with van der Waals surface area (Å²) in [6.07, 6.45) is 3.66. The van der Waals surface area contributed by atoms with Gasteiger partial charge in [-0.3, -0.25) is 4.31 Å². The Hall–Kier alpha value is -2.33. The van der Waals surface area contributed by atoms with E-state index in [1.54, 1.807) is 12.1 Å². The van der Waals surface area contributed by atoms with Crippen LogP contribution in [0.2, 0.25) is 0 Å². The van der Waals surface area contributed by atoms with E-state index in [0.29, 0.717) is 17.1 Å². The van der Waals surface area contributed by atoms with Gasteiger partial charge in [0.1, 0.15) is 0 Å². The largest absolute Gasteiger partial charge is 0.266 e. The first kappa shape index (κ1) is 16.5. The average Bonchev–Trinajstić information content (AvgIpc) is 2.62. The second-order valence-corrected chi connectivity index (χ2v) is 7.83. The predicted octanol–water partition coefficient (Wildman–Crippen LogP) is 4.38. The molecule has 3 rings (SSSR count). The van der Waals surface area contributed by atoms with Gasteiger partial charge in [0.05, 0.1) is 10.6 Å². The van der Waals surface area contributed by atoms with Crippen LogP contribution in [-0.4, -0.2) is 19.3 Å². The number of sulfonamides is 1. The molecule has 1 heterocycles. The van der Waals surface area contributed by atoms with Gasteiger partial charge >= 0.3 is 0 Å². The van der Waals surface area contributed by atoms with Crippen LogP contribution in [0, 0.1) is 6.92 Å². The molecule has 0 atom stereocenters. The molecule has 0 aromatic heterocycles. The molecule has 3 nitrogen and oxygen atoms in total. The van der Waals surface area contributed by atoms with Crippen molar-refractivity contribution < 1.29 is 8.42 Å². The summed E-state index contributed by atoms with van der Waals surface area (Å²) < 4.78 is 27.7. The summed E-state index contributed by atoms with van der Waals surface area (Å²) in [7, 11) is -3.58. The summed E-state index contributed by atoms with van der Waals surface area (Å²) in [6, 6.07) is 16.7. The Bertz CT molecular complexity index is 866. The van der Waals surface area contributed by atoms with Crippen LogP contribution < -0.4 is 0 Å². The molecular formula is C20H21NO2S. The molecule has 2 aromatic rings. The molecule has 0 radical (unpaired) electrons. The van der Waals surface area contributed by atoms with Crippen molar-refractivity contribution in [2.24, 2.45) is 0 Å². The van der Waals surface area contributed by atoms with E-state index in [4.69, 9.17) is 0 Å². The lowest BCUT2D eigenvalue weighted by molar-refractivity contribution is 0.462. The van der Waals surface area contributed by atoms with Crippen molar-refractivity contribution in [1.82, 2.24) is 4.31 Å². The molecule has 0 spiro atoms. The van der Waals surface area contributed by atoms with Crippen LogP contribution in [0.25, 0.3) is 5.57 Å². The van der Waals surface area contributed by atoms with Crippen LogP contribution in [0.15, 0.2) is 77.8 Å². The number of allylic oxidation sites excluding steroid dienone is 2. The lowest BCUT2D eigenvalue weighted by atomic mass is 10.0. The van der Waals surface area contributed by atoms with Crippen LogP contribution in [0.3, 0.4) is 0 Å². The van der Waals surface area contributed by atoms with Gasteiger partial charge in [-0.1, -0.05) is 60.7 Å². The zero-order chi connectivity index (χ0) is 17.2. The van der Waals surface area contributed by atoms with Crippen LogP contribution in [0.5, 0.6) is 0 Å². The molecule has 1 aliphatic heterocycles. The topological polar surface area (TPSA) is 37.4 Å². The molecule has 0 N–H and O–H groups in total. The third-order valence-electron chi connectivity index (χ3n) is 4.21. The molecule has 0 unspecified atom stereocenters. The molecule has 1 aliphatic rings. The number of nitrogens with zero attached hydrogens (tertiary/aromatic N) is 1. The van der Waals surface area contributed by atoms with Crippen LogP contribution in [0.1, 0.15) is 24.0 Å². The first-order valence-electron chi connectivity index (χ1n) is 8.04. The summed E-state index contributed by atoms with van der Waals surface area (Å²) in [5, 5.41) is 0. The Morgan fingerprint density at radius 3 is 2.38 bits per heavy atom. The summed E-state index contributed by atoms with van der Waals surface area (Å²) >= 11 is 0. The van der Waals surface area contributed by atoms with E-state index >= 15 is 0 Å². The van der Waals surface area contributed by atoms with E-state index in [0.717, 1.165) is 29.5 Å². The zero-order valence-electron chi connectivity index (χ0n) is 13.8. The smallest absolute Gasteiger partial charge is 0.264 e. The summed E-state index contributed by atoms with van der Waals surface area (Å²) in [6.45, 7) is 6.57. The van der Waals surface area contributed by atoms with E-state index in [2.05, 4.69) is 6.58 Å². The lowest BCUT2D eigenvalue weighted by Crippen LogP contribution is -2.33. The van der Waals surface area contributed by atoms with Gasteiger partial charge in [-0.25, -0.2) is 8.42 Å². The number of hydrogen-bond acceptors (Lipinski definition) is 2. The van der Waals surface area contributed by atoms with Crippen LogP contribution in [0.4, 0.5) is 0 Å². The fourth-order valence-electron chi connectivity index (χ4n) is 2.84. The highest BCUT2D eigenvalue weighted by molar-refractivity contribution is 7.89. The Morgan fingerprint density at radius 2 is 1.71 bits per heavy atom. The second kappa shape index (κ2) is 6.65. The molecule has 4 heteroatoms. The lowest BCUT2D eigenvalue weighted by Gasteiger charge is -2.31. The monoisotopic (exact) mass is 339 g/mol. The molecule has 24 heavy (non-hydrogen) atoms. The maximum Gasteiger partial charge on any atom is 0.264 e. The second-order valence-electron chi connectivity index (χ2n) is 5.97. The third-order valence-corrected chi connectivity index (χ3v) is 6.04. The Labute approximate surface area is 144 Å². The molecule has 0 amide bonds. The molecule has 124 valence electrons. The first-order valence-corrected chi connectivity index (χ1v) is 9.48. The molecule has 0 saturated carbocycles. The van der Waals surface area contributed by atoms with Crippen molar-refractivity contribution in [1.29, 1.82) is 0 Å². The highest BCUT2D eigenvalue weighted by atomic mass is 32.2. The minimum Gasteiger partial charge on any atom is -0.266 e. The highest BCUT2D eigenvalue weighted by Crippen LogP contribution is 2.32. The van der Waals surface area contributed by atoms with Gasteiger partial charge in [-0.2, -0.15) is 0 Å². The Balaban J connectivity index is 1.99. The number of hydrogen-bond donors (Lipinski definition) is 0. The molecule has 2 aromatic carbocycles. The number of rotatable bonds is 4. The van der Waals surface area contributed by atoms with E-state index in [1.165, 1.54) is 4.31 Å². The van der Waals surface area contributed by atoms with Gasteiger partial charge in [0.25, 0.3) is 10.0 Å². The van der Waals surface area contributed by atoms with Gasteiger partial charge in [0, 0.05) is 6.54 Å². The highest BCUT2D eigenvalue weighted by Gasteiger charge is 2.29. The molecular weight excluding hydrogens is 318 g/mol. The summed E-state index contributed by atoms with van der Waals surface area (Å²) in [5.74, 6) is 0. The standard InChI is InChI=1S/C20H21NO2S/c1-16-11-13-19(14-12-16)24(22,23)21-15-7-6-10-20(21)17(2)18-8-4-3-5-9-18/h3-5,8-14H,2,6-7,15H2,1H3. The van der Waals surface area contributed by atoms with E-state index in [1.807, 2.05) is 55.5 Å². The maximum absolute atomic E-state index is 13.1. The van der Waals surface area contributed by atoms with Crippen molar-refractivity contribution >= 4 is 15.6 Å². The van der Waals surface area contributed by atoms with Crippen molar-refractivity contribution in [3.63, 3.8) is 0 Å². The number of aryl methyl sites for hydroxylation is 1. The van der Waals surface area contributed by atoms with Gasteiger partial charge in [0.15, 0.2) is 0 Å². The normalized spacial score (nSPS) is 15.0. The van der Waals surface area contributed by atoms with Gasteiger partial charge in [-0.05, 0) is 43.0 Å². The molecule has 0 saturated heterocycles. The van der Waals surface area contributed by atoms with Crippen LogP contribution in [-0.2, 0) is 10.0 Å². The maximum atomic E-state index is 13.1. The predicted molar refractivity (Wildman–Crippen MR) is 97.9 cm³/mol. The summed E-state index contributed by atoms with van der Waals surface area (Å²) in [5.41, 5.74) is 3.41. The average molecular weight is 339 g/mol. The van der Waals surface area contributed by atoms with Crippen molar-refractivity contribution in [2.45, 2.75) is 24.7 Å². The van der Waals surface area contributed by atoms with Gasteiger partial charge in [0.2, 0.25) is 0 Å². The van der Waals surface area contributed by atoms with E-state index in [9.17, 15) is 8.42 Å². The fraction of sp³-hybridized carbons (Fsp3) is 0.200. The molecule has 0 aliphatic carbocycles. The van der Waals surface area contributed by atoms with Gasteiger partial charge in [-0.15, -0.1) is 0 Å². The van der Waals surface area contributed by atoms with Crippen LogP contribution >= 0.6 is 0 Å². The zero-order valence-corrected chi connectivity index (χ0v) is 14.6. The Morgan fingerprint density at radius 1 is 1.04 bits per heavy atom. The minimum absolute atomic E-state index is 0.321. The fourth-order valence-corrected chi connectivity index (χ4v) is 4.39. The molecule has 0 bridgehead atoms. The third kappa shape index (κ3) is 3.15. The Kier molecular flexibility index (Phi) is 4.58. The van der Waals surface area contributed by atoms with Gasteiger partial charge < -0.3 is 0 Å². The van der Waals surface area contributed by atoms with Crippen molar-refractivity contribution in [2.75, 3.05) is 6.54 Å². The van der Waals surface area contributed by atoms with Crippen molar-refractivity contribution in [3.8, 4) is 0 Å². The molecule has 0 fully saturated rings. The SMILES string of the molecule is C=C(C1=CCCCN1S(=O)(=O)c1ccc(C)cc1)c1ccccc1. The van der Waals surface area contributed by atoms with E-state index in [-0.39, 0.29) is 0 Å². The van der Waals surface area contributed by atoms with Crippen molar-refractivity contribution in [3.05, 3.63) is 84.1 Å². The first-order chi connectivity index (χ1) is 11.5. The van der Waals surface area contributed by atoms with E-state index < -0.39 is 10.0 Å². The minimum atomic E-state index is -3.58.